The van der Waals surface area contributed by atoms with Crippen LogP contribution >= 0.6 is 0 Å². The zero-order valence-electron chi connectivity index (χ0n) is 7.58. The second-order valence-corrected chi connectivity index (χ2v) is 3.12. The highest BCUT2D eigenvalue weighted by Crippen LogP contribution is 2.06. The molecule has 74 valence electrons. The van der Waals surface area contributed by atoms with Gasteiger partial charge in [0.2, 0.25) is 0 Å². The van der Waals surface area contributed by atoms with Gasteiger partial charge in [-0.15, -0.1) is 0 Å². The van der Waals surface area contributed by atoms with Gasteiger partial charge in [0.25, 0.3) is 0 Å². The normalized spacial score (nSPS) is 13.2. The lowest BCUT2D eigenvalue weighted by Gasteiger charge is -2.05. The molecule has 0 aromatic heterocycles. The molecule has 0 spiro atoms. The van der Waals surface area contributed by atoms with E-state index < -0.39 is 6.10 Å². The maximum Gasteiger partial charge on any atom is 0.0770 e. The van der Waals surface area contributed by atoms with Crippen LogP contribution in [0, 0.1) is 0 Å². The van der Waals surface area contributed by atoms with E-state index in [0.717, 1.165) is 32.1 Å². The second kappa shape index (κ2) is 8.97. The minimum absolute atomic E-state index is 0.128. The van der Waals surface area contributed by atoms with Gasteiger partial charge in [-0.05, 0) is 12.8 Å². The van der Waals surface area contributed by atoms with Crippen LogP contribution in [0.25, 0.3) is 0 Å². The fourth-order valence-electron chi connectivity index (χ4n) is 1.11. The van der Waals surface area contributed by atoms with Crippen LogP contribution in [0.2, 0.25) is 0 Å². The lowest BCUT2D eigenvalue weighted by Crippen LogP contribution is -2.10. The first-order valence-electron chi connectivity index (χ1n) is 4.71. The van der Waals surface area contributed by atoms with Crippen molar-refractivity contribution in [1.29, 1.82) is 0 Å². The smallest absolute Gasteiger partial charge is 0.0770 e. The lowest BCUT2D eigenvalue weighted by molar-refractivity contribution is 0.0859. The summed E-state index contributed by atoms with van der Waals surface area (Å²) < 4.78 is 0. The van der Waals surface area contributed by atoms with Gasteiger partial charge < -0.3 is 15.3 Å². The fraction of sp³-hybridized carbons (Fsp3) is 1.00. The van der Waals surface area contributed by atoms with Crippen molar-refractivity contribution in [2.45, 2.75) is 44.6 Å². The predicted octanol–water partition coefficient (Wildman–Crippen LogP) is 0.672. The highest BCUT2D eigenvalue weighted by molar-refractivity contribution is 4.53. The fourth-order valence-corrected chi connectivity index (χ4v) is 1.11. The summed E-state index contributed by atoms with van der Waals surface area (Å²) in [5, 5.41) is 25.9. The van der Waals surface area contributed by atoms with Crippen molar-refractivity contribution in [1.82, 2.24) is 0 Å². The molecule has 0 fully saturated rings. The van der Waals surface area contributed by atoms with Crippen LogP contribution in [0.5, 0.6) is 0 Å². The van der Waals surface area contributed by atoms with Gasteiger partial charge in [0.1, 0.15) is 0 Å². The Morgan fingerprint density at radius 2 is 1.42 bits per heavy atom. The molecule has 0 aliphatic carbocycles. The molecule has 0 aromatic carbocycles. The van der Waals surface area contributed by atoms with E-state index in [-0.39, 0.29) is 13.2 Å². The number of rotatable bonds is 8. The van der Waals surface area contributed by atoms with Crippen molar-refractivity contribution in [2.75, 3.05) is 13.2 Å². The van der Waals surface area contributed by atoms with E-state index in [0.29, 0.717) is 6.42 Å². The third kappa shape index (κ3) is 7.98. The number of hydrogen-bond donors (Lipinski definition) is 3. The SMILES string of the molecule is OCCCCCCC[C@@H](O)CO. The highest BCUT2D eigenvalue weighted by atomic mass is 16.3. The summed E-state index contributed by atoms with van der Waals surface area (Å²) in [4.78, 5) is 0. The minimum Gasteiger partial charge on any atom is -0.396 e. The zero-order chi connectivity index (χ0) is 9.23. The van der Waals surface area contributed by atoms with Crippen molar-refractivity contribution in [3.8, 4) is 0 Å². The molecule has 0 heterocycles. The Morgan fingerprint density at radius 1 is 0.833 bits per heavy atom. The Labute approximate surface area is 74.0 Å². The van der Waals surface area contributed by atoms with E-state index in [2.05, 4.69) is 0 Å². The molecule has 0 radical (unpaired) electrons. The van der Waals surface area contributed by atoms with Crippen LogP contribution in [-0.2, 0) is 0 Å². The van der Waals surface area contributed by atoms with E-state index in [1.165, 1.54) is 0 Å². The Balaban J connectivity index is 2.90. The number of aliphatic hydroxyl groups is 3. The van der Waals surface area contributed by atoms with Gasteiger partial charge in [-0.25, -0.2) is 0 Å². The van der Waals surface area contributed by atoms with Gasteiger partial charge >= 0.3 is 0 Å². The number of aliphatic hydroxyl groups excluding tert-OH is 3. The summed E-state index contributed by atoms with van der Waals surface area (Å²) in [6, 6.07) is 0. The molecule has 3 nitrogen and oxygen atoms in total. The molecule has 3 heteroatoms. The van der Waals surface area contributed by atoms with E-state index in [9.17, 15) is 0 Å². The molecule has 0 aliphatic rings. The minimum atomic E-state index is -0.539. The number of unbranched alkanes of at least 4 members (excludes halogenated alkanes) is 4. The van der Waals surface area contributed by atoms with Gasteiger partial charge in [-0.3, -0.25) is 0 Å². The molecule has 0 amide bonds. The summed E-state index contributed by atoms with van der Waals surface area (Å²) in [5.74, 6) is 0. The topological polar surface area (TPSA) is 60.7 Å². The summed E-state index contributed by atoms with van der Waals surface area (Å²) in [7, 11) is 0. The van der Waals surface area contributed by atoms with Crippen molar-refractivity contribution in [3.63, 3.8) is 0 Å². The second-order valence-electron chi connectivity index (χ2n) is 3.12. The Morgan fingerprint density at radius 3 is 2.00 bits per heavy atom. The first kappa shape index (κ1) is 11.9. The Kier molecular flexibility index (Phi) is 8.88. The van der Waals surface area contributed by atoms with Gasteiger partial charge in [-0.2, -0.15) is 0 Å². The van der Waals surface area contributed by atoms with E-state index in [4.69, 9.17) is 15.3 Å². The first-order chi connectivity index (χ1) is 5.81. The molecule has 0 aromatic rings. The maximum absolute atomic E-state index is 8.97. The van der Waals surface area contributed by atoms with Crippen LogP contribution in [0.15, 0.2) is 0 Å². The van der Waals surface area contributed by atoms with Crippen molar-refractivity contribution < 1.29 is 15.3 Å². The summed E-state index contributed by atoms with van der Waals surface area (Å²) in [5.41, 5.74) is 0. The average Bonchev–Trinajstić information content (AvgIpc) is 2.10. The van der Waals surface area contributed by atoms with E-state index in [1.54, 1.807) is 0 Å². The molecular formula is C9H20O3. The molecule has 0 saturated carbocycles. The monoisotopic (exact) mass is 176 g/mol. The summed E-state index contributed by atoms with van der Waals surface area (Å²) in [6.45, 7) is 0.149. The van der Waals surface area contributed by atoms with E-state index >= 15 is 0 Å². The Bertz CT molecular complexity index is 85.8. The van der Waals surface area contributed by atoms with Crippen LogP contribution in [0.3, 0.4) is 0 Å². The Hall–Kier alpha value is -0.120. The molecule has 0 unspecified atom stereocenters. The number of hydrogen-bond acceptors (Lipinski definition) is 3. The first-order valence-corrected chi connectivity index (χ1v) is 4.71. The summed E-state index contributed by atoms with van der Waals surface area (Å²) >= 11 is 0. The third-order valence-electron chi connectivity index (χ3n) is 1.91. The van der Waals surface area contributed by atoms with Crippen LogP contribution < -0.4 is 0 Å². The van der Waals surface area contributed by atoms with Gasteiger partial charge in [0.05, 0.1) is 12.7 Å². The van der Waals surface area contributed by atoms with Crippen LogP contribution in [0.1, 0.15) is 38.5 Å². The highest BCUT2D eigenvalue weighted by Gasteiger charge is 2.00. The van der Waals surface area contributed by atoms with Crippen LogP contribution in [0.4, 0.5) is 0 Å². The molecule has 0 rings (SSSR count). The third-order valence-corrected chi connectivity index (χ3v) is 1.91. The molecule has 12 heavy (non-hydrogen) atoms. The van der Waals surface area contributed by atoms with Crippen LogP contribution in [-0.4, -0.2) is 34.6 Å². The molecule has 0 saturated heterocycles. The quantitative estimate of drug-likeness (QED) is 0.476. The largest absolute Gasteiger partial charge is 0.396 e. The zero-order valence-corrected chi connectivity index (χ0v) is 7.58. The van der Waals surface area contributed by atoms with E-state index in [1.807, 2.05) is 0 Å². The van der Waals surface area contributed by atoms with Crippen molar-refractivity contribution in [2.24, 2.45) is 0 Å². The standard InChI is InChI=1S/C9H20O3/c10-7-5-3-1-2-4-6-9(12)8-11/h9-12H,1-8H2/t9-/m1/s1. The molecular weight excluding hydrogens is 156 g/mol. The van der Waals surface area contributed by atoms with Crippen molar-refractivity contribution >= 4 is 0 Å². The lowest BCUT2D eigenvalue weighted by atomic mass is 10.1. The molecule has 0 aliphatic heterocycles. The average molecular weight is 176 g/mol. The van der Waals surface area contributed by atoms with Gasteiger partial charge in [0.15, 0.2) is 0 Å². The predicted molar refractivity (Wildman–Crippen MR) is 47.9 cm³/mol. The van der Waals surface area contributed by atoms with Gasteiger partial charge in [-0.1, -0.05) is 25.7 Å². The van der Waals surface area contributed by atoms with Crippen molar-refractivity contribution in [3.05, 3.63) is 0 Å². The molecule has 1 atom stereocenters. The summed E-state index contributed by atoms with van der Waals surface area (Å²) in [6.07, 6.45) is 5.25. The van der Waals surface area contributed by atoms with Gasteiger partial charge in [0, 0.05) is 6.61 Å². The maximum atomic E-state index is 8.97. The molecule has 3 N–H and O–H groups in total. The molecule has 0 bridgehead atoms.